The highest BCUT2D eigenvalue weighted by atomic mass is 32.3. The zero-order valence-corrected chi connectivity index (χ0v) is 87.3. The number of hydrogen-bond acceptors (Lipinski definition) is 56. The number of methoxy groups -OCH3 is 9. The standard InChI is InChI=1S/C79H125N7O56S7/c1-39-33-46(115-4)40(2)41(3)69(39)143(95,96)85-44(71(89)84-45(72(90)86-24-14-13-15-25-86)34-42-18-20-43(21-19-42)70(80)81)35-51(88)82-22-16-17-50(87)83-23-26-124-27-28-125-29-30-126-31-32-127-52-47(36-128-144(97,98)99)132-76(64(120-9)55(52)116-5)136-59-57(118-7)66(122-11)78(139-62(59)73(91)92)135-54-49(38-130-146(103,104)105)133-79(68(142-149(112,113)114)61(54)140-147(106,107)108)137-60-58(119-8)65(121-10)77(138-63(60)74(93)94)134-53-48(37-129-145(100,101)102)131-75(123-12)67(56(53)117-6)141-148(109,110)111/h18-21,33,44-45,47-49,52-68,75-79,85H,13-17,22-32,34-38H2,1-12H3,(H3,80,81)(H,82,88)(H,83,87)(H,84,89)(H,91,92)(H,93,94)(H,97,98,99)(H,100,101,102)(H,103,104,105)(H,106,107,108)(H,109,110,111)(H,112,113,114)/p-7/t44-,45+,47+,48+,49+,52+,53+,54+,55-,56-,57-,58-,59-,60-,61-,62-,63+,64+,65+,66+,67+,68+,75-,76+,77+,78+,79+/m0/s1. The average molecular weight is 2290 g/mol. The lowest BCUT2D eigenvalue weighted by Crippen LogP contribution is -2.70. The van der Waals surface area contributed by atoms with Gasteiger partial charge in [0.05, 0.1) is 90.5 Å². The predicted molar refractivity (Wildman–Crippen MR) is 476 cm³/mol. The summed E-state index contributed by atoms with van der Waals surface area (Å²) in [6.45, 7) is 0.320. The fraction of sp³-hybridized carbons (Fsp3) is 0.759. The lowest BCUT2D eigenvalue weighted by Gasteiger charge is -2.52. The van der Waals surface area contributed by atoms with Gasteiger partial charge in [-0.1, -0.05) is 24.3 Å². The number of sulfonamides is 1. The molecule has 854 valence electrons. The number of carbonyl (C=O) groups excluding carboxylic acids is 5. The van der Waals surface area contributed by atoms with Crippen LogP contribution in [-0.4, -0.2) is 459 Å². The third-order valence-corrected chi connectivity index (χ3v) is 28.0. The van der Waals surface area contributed by atoms with E-state index in [1.165, 1.54) is 13.2 Å². The minimum absolute atomic E-state index is 0.0119. The molecule has 0 unspecified atom stereocenters. The maximum absolute atomic E-state index is 14.5. The van der Waals surface area contributed by atoms with E-state index in [0.29, 0.717) is 41.1 Å². The maximum atomic E-state index is 14.5. The summed E-state index contributed by atoms with van der Waals surface area (Å²) in [5.41, 5.74) is 7.76. The highest BCUT2D eigenvalue weighted by molar-refractivity contribution is 7.89. The summed E-state index contributed by atoms with van der Waals surface area (Å²) < 4.78 is 405. The van der Waals surface area contributed by atoms with Gasteiger partial charge in [0.15, 0.2) is 49.8 Å². The molecule has 0 aromatic heterocycles. The van der Waals surface area contributed by atoms with Crippen molar-refractivity contribution in [1.29, 1.82) is 5.41 Å². The van der Waals surface area contributed by atoms with Crippen LogP contribution in [0.15, 0.2) is 35.2 Å². The number of likely N-dealkylation sites (tertiary alicyclic amines) is 1. The SMILES string of the molecule is COc1cc(C)c(S(=O)(=O)N[C@@H](CC(=O)NCCCC(=O)NCCOCCOCCOCCO[C@H]2[C@H](OC)[C@@H](OC)[C@@H](O[C@H]3[C@H](OC)[C@@H](OC)[C@H](O[C@H]4[C@H](OS(=O)(=O)[O-])[C@@H](OS(=O)(=O)[O-])[C@@H](O[C@H]5[C@H](OC)[C@@H](OC)[C@H](O[C@H]6[C@H](OC)[C@@H](OS(=O)(=O)[O-])[C@@H](OC)O[C@@H]6COS(=O)(=O)[O-])O[C@H]5C(=O)[O-])O[C@@H]4COS(=O)(=O)[O-])O[C@@H]3C(=O)O)O[C@@H]2COS(=O)(=O)[O-])C(=O)N[C@H](Cc2ccc(C(=N)N)cc2)C(=O)N2CCCCC2)c(C)c1C. The van der Waals surface area contributed by atoms with Crippen molar-refractivity contribution in [2.24, 2.45) is 5.73 Å². The fourth-order valence-electron chi connectivity index (χ4n) is 16.9. The Morgan fingerprint density at radius 3 is 1.33 bits per heavy atom. The van der Waals surface area contributed by atoms with Gasteiger partial charge in [0, 0.05) is 101 Å². The number of nitrogens with zero attached hydrogens (tertiary/aromatic N) is 1. The Morgan fingerprint density at radius 2 is 0.872 bits per heavy atom. The Kier molecular flexibility index (Phi) is 49.0. The first-order chi connectivity index (χ1) is 69.9. The van der Waals surface area contributed by atoms with Crippen molar-refractivity contribution in [3.05, 3.63) is 58.1 Å². The first kappa shape index (κ1) is 127. The van der Waals surface area contributed by atoms with E-state index in [0.717, 1.165) is 76.1 Å². The smallest absolute Gasteiger partial charge is 0.335 e. The second kappa shape index (κ2) is 57.5. The molecule has 8 N–H and O–H groups in total. The molecule has 70 heteroatoms. The van der Waals surface area contributed by atoms with Gasteiger partial charge in [-0.15, -0.1) is 0 Å². The van der Waals surface area contributed by atoms with Crippen LogP contribution in [0.1, 0.15) is 66.3 Å². The number of benzene rings is 2. The Hall–Kier alpha value is -7.18. The Balaban J connectivity index is 0.876. The molecule has 6 fully saturated rings. The van der Waals surface area contributed by atoms with Crippen molar-refractivity contribution >= 4 is 114 Å². The summed E-state index contributed by atoms with van der Waals surface area (Å²) in [6, 6.07) is 4.99. The number of amides is 4. The van der Waals surface area contributed by atoms with E-state index in [4.69, 9.17) is 120 Å². The van der Waals surface area contributed by atoms with E-state index in [2.05, 4.69) is 41.6 Å². The van der Waals surface area contributed by atoms with Crippen molar-refractivity contribution in [1.82, 2.24) is 25.6 Å². The number of aryl methyl sites for hydroxylation is 1. The third-order valence-electron chi connectivity index (χ3n) is 23.6. The number of hydrogen-bond donors (Lipinski definition) is 7. The van der Waals surface area contributed by atoms with Gasteiger partial charge in [0.25, 0.3) is 0 Å². The van der Waals surface area contributed by atoms with Crippen LogP contribution in [0.2, 0.25) is 0 Å². The van der Waals surface area contributed by atoms with Crippen LogP contribution in [0.25, 0.3) is 0 Å². The summed E-state index contributed by atoms with van der Waals surface area (Å²) in [4.78, 5) is 83.6. The van der Waals surface area contributed by atoms with Crippen molar-refractivity contribution < 1.29 is 255 Å². The normalized spacial score (nSPS) is 29.0. The average Bonchev–Trinajstić information content (AvgIpc) is 0.748. The second-order valence-corrected chi connectivity index (χ2v) is 41.1. The molecular weight excluding hydrogens is 2170 g/mol. The van der Waals surface area contributed by atoms with Gasteiger partial charge in [-0.2, -0.15) is 4.72 Å². The molecule has 2 aromatic rings. The summed E-state index contributed by atoms with van der Waals surface area (Å²) >= 11 is 0. The number of carboxylic acid groups (broad SMARTS) is 2. The Labute approximate surface area is 856 Å². The van der Waals surface area contributed by atoms with Gasteiger partial charge >= 0.3 is 5.97 Å². The van der Waals surface area contributed by atoms with Crippen molar-refractivity contribution in [3.63, 3.8) is 0 Å². The van der Waals surface area contributed by atoms with Crippen LogP contribution >= 0.6 is 0 Å². The molecule has 0 aliphatic carbocycles. The first-order valence-electron chi connectivity index (χ1n) is 44.7. The molecule has 149 heavy (non-hydrogen) atoms. The van der Waals surface area contributed by atoms with Crippen LogP contribution in [-0.2, 0) is 232 Å². The zero-order chi connectivity index (χ0) is 111. The van der Waals surface area contributed by atoms with Gasteiger partial charge in [-0.05, 0) is 74.8 Å². The number of carboxylic acids is 2. The molecule has 6 aliphatic heterocycles. The van der Waals surface area contributed by atoms with Crippen LogP contribution in [0.5, 0.6) is 5.75 Å². The molecule has 6 aliphatic rings. The molecule has 0 saturated carbocycles. The first-order valence-corrected chi connectivity index (χ1v) is 54.2. The van der Waals surface area contributed by atoms with E-state index in [9.17, 15) is 125 Å². The highest BCUT2D eigenvalue weighted by Crippen LogP contribution is 2.42. The monoisotopic (exact) mass is 2280 g/mol. The van der Waals surface area contributed by atoms with E-state index in [1.54, 1.807) is 49.9 Å². The van der Waals surface area contributed by atoms with E-state index >= 15 is 0 Å². The maximum Gasteiger partial charge on any atom is 0.335 e. The molecule has 6 heterocycles. The van der Waals surface area contributed by atoms with Gasteiger partial charge < -0.3 is 173 Å². The number of rotatable bonds is 62. The molecule has 63 nitrogen and oxygen atoms in total. The van der Waals surface area contributed by atoms with Crippen molar-refractivity contribution in [2.75, 3.05) is 156 Å². The summed E-state index contributed by atoms with van der Waals surface area (Å²) in [7, 11) is -32.4. The number of nitrogens with one attached hydrogen (secondary N) is 5. The molecule has 8 rings (SSSR count). The molecule has 2 aromatic carbocycles. The highest BCUT2D eigenvalue weighted by Gasteiger charge is 2.62. The lowest BCUT2D eigenvalue weighted by molar-refractivity contribution is -0.397. The third kappa shape index (κ3) is 37.8. The summed E-state index contributed by atoms with van der Waals surface area (Å²) in [6.07, 6.45) is -57.1. The topological polar surface area (TPSA) is 883 Å². The minimum atomic E-state index is -6.52. The largest absolute Gasteiger partial charge is 0.726 e. The van der Waals surface area contributed by atoms with Gasteiger partial charge in [0.2, 0.25) is 96.0 Å². The molecular formula is C79H118N7O56S7-7. The molecule has 0 bridgehead atoms. The number of carbonyl (C=O) groups is 6. The van der Waals surface area contributed by atoms with Gasteiger partial charge in [0.1, 0.15) is 127 Å². The molecule has 0 spiro atoms. The van der Waals surface area contributed by atoms with Crippen molar-refractivity contribution in [3.8, 4) is 5.75 Å². The van der Waals surface area contributed by atoms with Crippen LogP contribution in [0.3, 0.4) is 0 Å². The zero-order valence-electron chi connectivity index (χ0n) is 81.6. The van der Waals surface area contributed by atoms with Gasteiger partial charge in [-0.3, -0.25) is 49.7 Å². The molecule has 0 radical (unpaired) electrons. The number of piperidine rings is 1. The Morgan fingerprint density at radius 1 is 0.463 bits per heavy atom. The van der Waals surface area contributed by atoms with Gasteiger partial charge in [-0.25, -0.2) is 63.7 Å². The number of ether oxygens (including phenoxy) is 22. The Bertz CT molecular complexity index is 5590. The van der Waals surface area contributed by atoms with E-state index in [1.807, 2.05) is 0 Å². The minimum Gasteiger partial charge on any atom is -0.726 e. The second-order valence-electron chi connectivity index (χ2n) is 33.3. The van der Waals surface area contributed by atoms with Crippen molar-refractivity contribution in [2.45, 2.75) is 236 Å². The molecule has 6 saturated heterocycles. The van der Waals surface area contributed by atoms with Crippen LogP contribution in [0.4, 0.5) is 0 Å². The lowest BCUT2D eigenvalue weighted by atomic mass is 9.94. The van der Waals surface area contributed by atoms with Crippen LogP contribution in [0, 0.1) is 26.2 Å². The van der Waals surface area contributed by atoms with Crippen LogP contribution < -0.4 is 36.2 Å². The van der Waals surface area contributed by atoms with E-state index in [-0.39, 0.29) is 88.3 Å². The predicted octanol–water partition coefficient (Wildman–Crippen LogP) is -9.15. The summed E-state index contributed by atoms with van der Waals surface area (Å²) in [5.74, 6) is -6.94. The molecule has 27 atom stereocenters. The fourth-order valence-corrected chi connectivity index (χ4v) is 21.0. The number of nitrogen functional groups attached to an aromatic ring is 1. The summed E-state index contributed by atoms with van der Waals surface area (Å²) in [5, 5.41) is 40.1. The number of amidine groups is 1. The quantitative estimate of drug-likeness (QED) is 0.0106. The number of nitrogens with two attached hydrogens (primary N) is 1. The molecule has 4 amide bonds. The van der Waals surface area contributed by atoms with E-state index < -0.39 is 306 Å². The number of aliphatic carboxylic acids is 2.